The minimum Gasteiger partial charge on any atom is -0.286 e. The maximum atomic E-state index is 11.1. The van der Waals surface area contributed by atoms with E-state index < -0.39 is 9.85 Å². The van der Waals surface area contributed by atoms with Gasteiger partial charge in [-0.05, 0) is 18.2 Å². The van der Waals surface area contributed by atoms with Crippen molar-refractivity contribution in [1.29, 1.82) is 0 Å². The smallest absolute Gasteiger partial charge is 0.286 e. The molecule has 9 nitrogen and oxygen atoms in total. The highest BCUT2D eigenvalue weighted by Gasteiger charge is 2.20. The van der Waals surface area contributed by atoms with Crippen LogP contribution in [-0.4, -0.2) is 19.5 Å². The van der Waals surface area contributed by atoms with Gasteiger partial charge in [0.15, 0.2) is 0 Å². The van der Waals surface area contributed by atoms with Gasteiger partial charge in [-0.15, -0.1) is 0 Å². The van der Waals surface area contributed by atoms with Crippen molar-refractivity contribution in [1.82, 2.24) is 9.66 Å². The van der Waals surface area contributed by atoms with E-state index in [0.29, 0.717) is 0 Å². The molecule has 0 aliphatic heterocycles. The van der Waals surface area contributed by atoms with Gasteiger partial charge in [-0.25, -0.2) is 9.66 Å². The van der Waals surface area contributed by atoms with E-state index in [1.807, 2.05) is 12.1 Å². The number of nitrogens with zero attached hydrogens (tertiary/aromatic N) is 4. The van der Waals surface area contributed by atoms with E-state index in [1.165, 1.54) is 23.1 Å². The van der Waals surface area contributed by atoms with E-state index in [1.54, 1.807) is 12.1 Å². The predicted molar refractivity (Wildman–Crippen MR) is 78.5 cm³/mol. The molecule has 110 valence electrons. The highest BCUT2D eigenvalue weighted by Crippen LogP contribution is 2.29. The van der Waals surface area contributed by atoms with Crippen molar-refractivity contribution < 1.29 is 9.85 Å². The maximum Gasteiger partial charge on any atom is 0.300 e. The Morgan fingerprint density at radius 1 is 1.05 bits per heavy atom. The van der Waals surface area contributed by atoms with Gasteiger partial charge < -0.3 is 0 Å². The molecule has 0 saturated heterocycles. The largest absolute Gasteiger partial charge is 0.300 e. The molecule has 0 fully saturated rings. The fourth-order valence-corrected chi connectivity index (χ4v) is 2.06. The summed E-state index contributed by atoms with van der Waals surface area (Å²) in [4.78, 5) is 24.6. The van der Waals surface area contributed by atoms with Gasteiger partial charge in [-0.1, -0.05) is 12.1 Å². The van der Waals surface area contributed by atoms with Crippen LogP contribution in [0.25, 0.3) is 11.0 Å². The first-order valence-corrected chi connectivity index (χ1v) is 6.18. The van der Waals surface area contributed by atoms with Crippen molar-refractivity contribution in [2.24, 2.45) is 0 Å². The Kier molecular flexibility index (Phi) is 3.14. The van der Waals surface area contributed by atoms with Crippen LogP contribution < -0.4 is 5.43 Å². The number of nitrogens with one attached hydrogen (secondary N) is 1. The molecule has 0 atom stereocenters. The van der Waals surface area contributed by atoms with E-state index in [0.717, 1.165) is 17.1 Å². The number of nitro groups is 2. The fourth-order valence-electron chi connectivity index (χ4n) is 2.06. The molecular weight excluding hydrogens is 290 g/mol. The Hall–Kier alpha value is -3.49. The molecule has 0 saturated carbocycles. The van der Waals surface area contributed by atoms with Crippen LogP contribution in [0.15, 0.2) is 48.8 Å². The Morgan fingerprint density at radius 2 is 1.82 bits per heavy atom. The molecule has 0 radical (unpaired) electrons. The minimum atomic E-state index is -0.677. The molecule has 1 N–H and O–H groups in total. The van der Waals surface area contributed by atoms with Gasteiger partial charge in [-0.2, -0.15) is 0 Å². The lowest BCUT2D eigenvalue weighted by Gasteiger charge is -2.08. The predicted octanol–water partition coefficient (Wildman–Crippen LogP) is 2.73. The van der Waals surface area contributed by atoms with Crippen molar-refractivity contribution in [3.63, 3.8) is 0 Å². The zero-order chi connectivity index (χ0) is 15.7. The summed E-state index contributed by atoms with van der Waals surface area (Å²) in [5.74, 6) is 0. The molecule has 3 rings (SSSR count). The van der Waals surface area contributed by atoms with Gasteiger partial charge >= 0.3 is 5.69 Å². The van der Waals surface area contributed by atoms with Crippen LogP contribution in [0.3, 0.4) is 0 Å². The third kappa shape index (κ3) is 2.30. The number of hydrogen-bond acceptors (Lipinski definition) is 6. The fraction of sp³-hybridized carbons (Fsp3) is 0. The topological polar surface area (TPSA) is 116 Å². The van der Waals surface area contributed by atoms with Crippen molar-refractivity contribution in [3.05, 3.63) is 69.0 Å². The highest BCUT2D eigenvalue weighted by molar-refractivity contribution is 5.76. The van der Waals surface area contributed by atoms with Gasteiger partial charge in [0.2, 0.25) is 0 Å². The number of benzene rings is 2. The molecule has 0 bridgehead atoms. The number of hydrogen-bond donors (Lipinski definition) is 1. The van der Waals surface area contributed by atoms with Crippen LogP contribution in [-0.2, 0) is 0 Å². The van der Waals surface area contributed by atoms with E-state index in [9.17, 15) is 20.2 Å². The molecule has 22 heavy (non-hydrogen) atoms. The van der Waals surface area contributed by atoms with E-state index >= 15 is 0 Å². The van der Waals surface area contributed by atoms with Gasteiger partial charge in [0.25, 0.3) is 5.69 Å². The molecule has 0 aliphatic carbocycles. The van der Waals surface area contributed by atoms with Crippen molar-refractivity contribution >= 4 is 28.1 Å². The van der Waals surface area contributed by atoms with E-state index in [2.05, 4.69) is 10.4 Å². The van der Waals surface area contributed by atoms with Crippen LogP contribution in [0.5, 0.6) is 0 Å². The van der Waals surface area contributed by atoms with Crippen LogP contribution in [0.1, 0.15) is 0 Å². The third-order valence-corrected chi connectivity index (χ3v) is 3.08. The number of non-ortho nitro benzene ring substituents is 1. The Bertz CT molecular complexity index is 889. The summed E-state index contributed by atoms with van der Waals surface area (Å²) >= 11 is 0. The highest BCUT2D eigenvalue weighted by atomic mass is 16.6. The first-order chi connectivity index (χ1) is 10.6. The molecule has 0 unspecified atom stereocenters. The van der Waals surface area contributed by atoms with Gasteiger partial charge in [0.05, 0.1) is 26.9 Å². The standard InChI is InChI=1S/C13H9N5O4/c19-17(20)9-5-6-11(13(7-9)18(21)22)15-16-8-14-10-3-1-2-4-12(10)16/h1-8,15H. The summed E-state index contributed by atoms with van der Waals surface area (Å²) < 4.78 is 1.52. The van der Waals surface area contributed by atoms with E-state index in [4.69, 9.17) is 0 Å². The number of aromatic nitrogens is 2. The van der Waals surface area contributed by atoms with Gasteiger partial charge in [-0.3, -0.25) is 25.7 Å². The second-order valence-electron chi connectivity index (χ2n) is 4.43. The Morgan fingerprint density at radius 3 is 2.55 bits per heavy atom. The van der Waals surface area contributed by atoms with Crippen molar-refractivity contribution in [3.8, 4) is 0 Å². The van der Waals surface area contributed by atoms with Crippen LogP contribution in [0.4, 0.5) is 17.1 Å². The second-order valence-corrected chi connectivity index (χ2v) is 4.43. The molecule has 1 aromatic heterocycles. The summed E-state index contributed by atoms with van der Waals surface area (Å²) in [6, 6.07) is 10.7. The number of para-hydroxylation sites is 2. The van der Waals surface area contributed by atoms with Crippen LogP contribution in [0.2, 0.25) is 0 Å². The molecule has 0 aliphatic rings. The van der Waals surface area contributed by atoms with Gasteiger partial charge in [0, 0.05) is 6.07 Å². The average Bonchev–Trinajstić information content (AvgIpc) is 2.90. The molecule has 1 heterocycles. The molecule has 3 aromatic rings. The number of fused-ring (bicyclic) bond motifs is 1. The minimum absolute atomic E-state index is 0.138. The first-order valence-electron chi connectivity index (χ1n) is 6.18. The number of imidazole rings is 1. The lowest BCUT2D eigenvalue weighted by atomic mass is 10.2. The molecule has 0 amide bonds. The first kappa shape index (κ1) is 13.5. The molecular formula is C13H9N5O4. The third-order valence-electron chi connectivity index (χ3n) is 3.08. The summed E-state index contributed by atoms with van der Waals surface area (Å²) in [7, 11) is 0. The number of anilines is 1. The number of nitro benzene ring substituents is 2. The average molecular weight is 299 g/mol. The zero-order valence-corrected chi connectivity index (χ0v) is 11.0. The van der Waals surface area contributed by atoms with Gasteiger partial charge in [0.1, 0.15) is 12.0 Å². The Labute approximate surface area is 123 Å². The summed E-state index contributed by atoms with van der Waals surface area (Å²) in [6.07, 6.45) is 1.48. The van der Waals surface area contributed by atoms with Crippen LogP contribution in [0, 0.1) is 20.2 Å². The van der Waals surface area contributed by atoms with E-state index in [-0.39, 0.29) is 17.1 Å². The molecule has 9 heteroatoms. The SMILES string of the molecule is O=[N+]([O-])c1ccc(Nn2cnc3ccccc32)c([N+](=O)[O-])c1. The monoisotopic (exact) mass is 299 g/mol. The Balaban J connectivity index is 2.05. The maximum absolute atomic E-state index is 11.1. The lowest BCUT2D eigenvalue weighted by molar-refractivity contribution is -0.393. The zero-order valence-electron chi connectivity index (χ0n) is 11.0. The van der Waals surface area contributed by atoms with Crippen LogP contribution >= 0.6 is 0 Å². The summed E-state index contributed by atoms with van der Waals surface area (Å²) in [6.45, 7) is 0. The van der Waals surface area contributed by atoms with Crippen molar-refractivity contribution in [2.75, 3.05) is 5.43 Å². The molecule has 2 aromatic carbocycles. The summed E-state index contributed by atoms with van der Waals surface area (Å²) in [5, 5.41) is 21.8. The molecule has 0 spiro atoms. The summed E-state index contributed by atoms with van der Waals surface area (Å²) in [5.41, 5.74) is 3.70. The van der Waals surface area contributed by atoms with Crippen molar-refractivity contribution in [2.45, 2.75) is 0 Å². The normalized spacial score (nSPS) is 10.5. The second kappa shape index (κ2) is 5.13. The lowest BCUT2D eigenvalue weighted by Crippen LogP contribution is -2.09. The number of rotatable bonds is 4. The quantitative estimate of drug-likeness (QED) is 0.584.